The summed E-state index contributed by atoms with van der Waals surface area (Å²) >= 11 is 0. The first-order chi connectivity index (χ1) is 11.5. The van der Waals surface area contributed by atoms with Gasteiger partial charge in [-0.2, -0.15) is 0 Å². The molecular formula is C19H26N2O3. The molecule has 0 bridgehead atoms. The van der Waals surface area contributed by atoms with Crippen LogP contribution in [0, 0.1) is 19.8 Å². The minimum Gasteiger partial charge on any atom is -0.376 e. The van der Waals surface area contributed by atoms with Crippen molar-refractivity contribution in [2.24, 2.45) is 5.92 Å². The van der Waals surface area contributed by atoms with Gasteiger partial charge in [0.05, 0.1) is 24.8 Å². The summed E-state index contributed by atoms with van der Waals surface area (Å²) in [5, 5.41) is 6.89. The van der Waals surface area contributed by atoms with Crippen molar-refractivity contribution in [1.29, 1.82) is 0 Å². The lowest BCUT2D eigenvalue weighted by Gasteiger charge is -2.16. The highest BCUT2D eigenvalue weighted by Gasteiger charge is 2.22. The molecule has 24 heavy (non-hydrogen) atoms. The van der Waals surface area contributed by atoms with Crippen LogP contribution in [0.25, 0.3) is 0 Å². The first-order valence-electron chi connectivity index (χ1n) is 8.31. The molecule has 0 radical (unpaired) electrons. The quantitative estimate of drug-likeness (QED) is 0.806. The molecule has 130 valence electrons. The van der Waals surface area contributed by atoms with Crippen molar-refractivity contribution in [1.82, 2.24) is 10.5 Å². The number of rotatable bonds is 8. The molecule has 2 atom stereocenters. The van der Waals surface area contributed by atoms with Gasteiger partial charge in [0, 0.05) is 12.1 Å². The van der Waals surface area contributed by atoms with Gasteiger partial charge in [0.15, 0.2) is 0 Å². The summed E-state index contributed by atoms with van der Waals surface area (Å²) in [5.74, 6) is 0.664. The highest BCUT2D eigenvalue weighted by atomic mass is 16.5. The zero-order valence-corrected chi connectivity index (χ0v) is 14.8. The molecule has 1 aromatic carbocycles. The van der Waals surface area contributed by atoms with Gasteiger partial charge in [-0.25, -0.2) is 0 Å². The molecule has 1 amide bonds. The molecule has 0 aliphatic carbocycles. The average molecular weight is 330 g/mol. The standard InChI is InChI=1S/C19H26N2O3/c1-13(11-23-12-17-8-6-5-7-9-17)10-20-19(22)14(2)18-15(3)21-24-16(18)4/h5-9,13-14H,10-12H2,1-4H3,(H,20,22)/t13-,14+/m0/s1. The Kier molecular flexibility index (Phi) is 6.55. The highest BCUT2D eigenvalue weighted by Crippen LogP contribution is 2.23. The van der Waals surface area contributed by atoms with Crippen molar-refractivity contribution in [2.45, 2.75) is 40.2 Å². The van der Waals surface area contributed by atoms with Crippen LogP contribution in [0.2, 0.25) is 0 Å². The van der Waals surface area contributed by atoms with E-state index in [2.05, 4.69) is 17.4 Å². The summed E-state index contributed by atoms with van der Waals surface area (Å²) < 4.78 is 10.8. The van der Waals surface area contributed by atoms with Gasteiger partial charge in [-0.05, 0) is 32.3 Å². The highest BCUT2D eigenvalue weighted by molar-refractivity contribution is 5.83. The summed E-state index contributed by atoms with van der Waals surface area (Å²) in [7, 11) is 0. The fourth-order valence-corrected chi connectivity index (χ4v) is 2.68. The minimum atomic E-state index is -0.270. The van der Waals surface area contributed by atoms with E-state index in [0.29, 0.717) is 25.5 Å². The SMILES string of the molecule is Cc1noc(C)c1[C@@H](C)C(=O)NC[C@H](C)COCc1ccccc1. The van der Waals surface area contributed by atoms with E-state index >= 15 is 0 Å². The summed E-state index contributed by atoms with van der Waals surface area (Å²) in [5.41, 5.74) is 2.80. The largest absolute Gasteiger partial charge is 0.376 e. The van der Waals surface area contributed by atoms with E-state index in [1.807, 2.05) is 51.1 Å². The van der Waals surface area contributed by atoms with E-state index in [9.17, 15) is 4.79 Å². The van der Waals surface area contributed by atoms with Crippen LogP contribution in [0.1, 0.15) is 42.3 Å². The molecule has 0 unspecified atom stereocenters. The Morgan fingerprint density at radius 2 is 1.96 bits per heavy atom. The molecule has 0 spiro atoms. The average Bonchev–Trinajstić information content (AvgIpc) is 2.91. The van der Waals surface area contributed by atoms with E-state index in [-0.39, 0.29) is 17.7 Å². The van der Waals surface area contributed by atoms with Gasteiger partial charge in [0.1, 0.15) is 5.76 Å². The topological polar surface area (TPSA) is 64.4 Å². The molecule has 0 saturated heterocycles. The van der Waals surface area contributed by atoms with Crippen molar-refractivity contribution in [3.63, 3.8) is 0 Å². The number of carbonyl (C=O) groups excluding carboxylic acids is 1. The van der Waals surface area contributed by atoms with Crippen molar-refractivity contribution in [3.05, 3.63) is 52.9 Å². The van der Waals surface area contributed by atoms with Crippen molar-refractivity contribution in [3.8, 4) is 0 Å². The minimum absolute atomic E-state index is 0.0145. The summed E-state index contributed by atoms with van der Waals surface area (Å²) in [4.78, 5) is 12.3. The number of carbonyl (C=O) groups is 1. The van der Waals surface area contributed by atoms with Crippen molar-refractivity contribution >= 4 is 5.91 Å². The van der Waals surface area contributed by atoms with Crippen molar-refractivity contribution < 1.29 is 14.1 Å². The van der Waals surface area contributed by atoms with Gasteiger partial charge in [-0.1, -0.05) is 42.4 Å². The van der Waals surface area contributed by atoms with Crippen LogP contribution in [-0.4, -0.2) is 24.2 Å². The molecule has 0 saturated carbocycles. The van der Waals surface area contributed by atoms with E-state index in [4.69, 9.17) is 9.26 Å². The Morgan fingerprint density at radius 1 is 1.25 bits per heavy atom. The molecule has 5 heteroatoms. The maximum absolute atomic E-state index is 12.3. The van der Waals surface area contributed by atoms with Gasteiger partial charge in [-0.3, -0.25) is 4.79 Å². The monoisotopic (exact) mass is 330 g/mol. The zero-order valence-electron chi connectivity index (χ0n) is 14.8. The van der Waals surface area contributed by atoms with Crippen LogP contribution in [0.5, 0.6) is 0 Å². The van der Waals surface area contributed by atoms with E-state index in [0.717, 1.165) is 16.8 Å². The zero-order chi connectivity index (χ0) is 17.5. The lowest BCUT2D eigenvalue weighted by Crippen LogP contribution is -2.33. The Hall–Kier alpha value is -2.14. The first-order valence-corrected chi connectivity index (χ1v) is 8.31. The lowest BCUT2D eigenvalue weighted by atomic mass is 9.98. The second-order valence-corrected chi connectivity index (χ2v) is 6.31. The van der Waals surface area contributed by atoms with Crippen LogP contribution in [-0.2, 0) is 16.1 Å². The van der Waals surface area contributed by atoms with Gasteiger partial charge in [0.2, 0.25) is 5.91 Å². The number of amides is 1. The second kappa shape index (κ2) is 8.64. The van der Waals surface area contributed by atoms with Crippen molar-refractivity contribution in [2.75, 3.05) is 13.2 Å². The summed E-state index contributed by atoms with van der Waals surface area (Å²) in [6.45, 7) is 9.41. The molecule has 5 nitrogen and oxygen atoms in total. The Balaban J connectivity index is 1.73. The molecule has 0 aliphatic rings. The Bertz CT molecular complexity index is 632. The number of aryl methyl sites for hydroxylation is 2. The third-order valence-corrected chi connectivity index (χ3v) is 4.05. The van der Waals surface area contributed by atoms with E-state index in [1.54, 1.807) is 0 Å². The van der Waals surface area contributed by atoms with Gasteiger partial charge >= 0.3 is 0 Å². The van der Waals surface area contributed by atoms with Crippen LogP contribution < -0.4 is 5.32 Å². The molecule has 1 aromatic heterocycles. The summed E-state index contributed by atoms with van der Waals surface area (Å²) in [6.07, 6.45) is 0. The fraction of sp³-hybridized carbons (Fsp3) is 0.474. The van der Waals surface area contributed by atoms with Crippen LogP contribution in [0.4, 0.5) is 0 Å². The summed E-state index contributed by atoms with van der Waals surface area (Å²) in [6, 6.07) is 10.1. The predicted octanol–water partition coefficient (Wildman–Crippen LogP) is 3.36. The first kappa shape index (κ1) is 18.2. The number of nitrogens with one attached hydrogen (secondary N) is 1. The number of hydrogen-bond acceptors (Lipinski definition) is 4. The lowest BCUT2D eigenvalue weighted by molar-refractivity contribution is -0.122. The normalized spacial score (nSPS) is 13.5. The number of nitrogens with zero attached hydrogens (tertiary/aromatic N) is 1. The Morgan fingerprint density at radius 3 is 2.58 bits per heavy atom. The second-order valence-electron chi connectivity index (χ2n) is 6.31. The van der Waals surface area contributed by atoms with E-state index < -0.39 is 0 Å². The Labute approximate surface area is 143 Å². The smallest absolute Gasteiger partial charge is 0.227 e. The van der Waals surface area contributed by atoms with E-state index in [1.165, 1.54) is 0 Å². The fourth-order valence-electron chi connectivity index (χ4n) is 2.68. The van der Waals surface area contributed by atoms with Crippen LogP contribution >= 0.6 is 0 Å². The molecule has 1 heterocycles. The maximum Gasteiger partial charge on any atom is 0.227 e. The number of aromatic nitrogens is 1. The third kappa shape index (κ3) is 4.93. The van der Waals surface area contributed by atoms with Gasteiger partial charge in [-0.15, -0.1) is 0 Å². The number of hydrogen-bond donors (Lipinski definition) is 1. The molecule has 1 N–H and O–H groups in total. The molecule has 2 aromatic rings. The number of ether oxygens (including phenoxy) is 1. The maximum atomic E-state index is 12.3. The van der Waals surface area contributed by atoms with Crippen LogP contribution in [0.15, 0.2) is 34.9 Å². The van der Waals surface area contributed by atoms with Gasteiger partial charge < -0.3 is 14.6 Å². The van der Waals surface area contributed by atoms with Crippen LogP contribution in [0.3, 0.4) is 0 Å². The van der Waals surface area contributed by atoms with Gasteiger partial charge in [0.25, 0.3) is 0 Å². The molecular weight excluding hydrogens is 304 g/mol. The molecule has 0 aliphatic heterocycles. The molecule has 2 rings (SSSR count). The molecule has 0 fully saturated rings. The third-order valence-electron chi connectivity index (χ3n) is 4.05. The number of benzene rings is 1. The predicted molar refractivity (Wildman–Crippen MR) is 92.7 cm³/mol.